The number of carbonyl (C=O) groups is 2. The van der Waals surface area contributed by atoms with Gasteiger partial charge in [0.25, 0.3) is 11.8 Å². The lowest BCUT2D eigenvalue weighted by atomic mass is 10.1. The van der Waals surface area contributed by atoms with E-state index in [1.807, 2.05) is 0 Å². The van der Waals surface area contributed by atoms with Crippen LogP contribution in [0, 0.1) is 5.82 Å². The number of hydrogen-bond acceptors (Lipinski definition) is 3. The number of nitrogens with one attached hydrogen (secondary N) is 1. The Morgan fingerprint density at radius 2 is 1.68 bits per heavy atom. The van der Waals surface area contributed by atoms with Crippen molar-refractivity contribution in [2.24, 2.45) is 0 Å². The van der Waals surface area contributed by atoms with Gasteiger partial charge in [-0.3, -0.25) is 14.5 Å². The second-order valence-corrected chi connectivity index (χ2v) is 7.36. The summed E-state index contributed by atoms with van der Waals surface area (Å²) in [6.45, 7) is 3.71. The summed E-state index contributed by atoms with van der Waals surface area (Å²) in [7, 11) is 0. The minimum atomic E-state index is -0.372. The van der Waals surface area contributed by atoms with Gasteiger partial charge in [0.05, 0.1) is 10.6 Å². The van der Waals surface area contributed by atoms with Gasteiger partial charge in [0.1, 0.15) is 5.82 Å². The smallest absolute Gasteiger partial charge is 0.255 e. The Labute approximate surface area is 173 Å². The summed E-state index contributed by atoms with van der Waals surface area (Å²) in [5.74, 6) is -0.732. The van der Waals surface area contributed by atoms with Crippen LogP contribution in [-0.2, 0) is 0 Å². The van der Waals surface area contributed by atoms with Crippen LogP contribution >= 0.6 is 23.2 Å². The molecule has 0 aromatic heterocycles. The van der Waals surface area contributed by atoms with Crippen molar-refractivity contribution in [3.8, 4) is 0 Å². The maximum Gasteiger partial charge on any atom is 0.255 e. The lowest BCUT2D eigenvalue weighted by molar-refractivity contribution is 0.0638. The van der Waals surface area contributed by atoms with E-state index in [9.17, 15) is 14.0 Å². The third-order valence-electron chi connectivity index (χ3n) is 4.64. The number of piperazine rings is 1. The van der Waals surface area contributed by atoms with Gasteiger partial charge < -0.3 is 10.2 Å². The van der Waals surface area contributed by atoms with Crippen molar-refractivity contribution in [3.05, 3.63) is 69.5 Å². The van der Waals surface area contributed by atoms with E-state index in [1.54, 1.807) is 23.1 Å². The van der Waals surface area contributed by atoms with E-state index in [2.05, 4.69) is 10.2 Å². The van der Waals surface area contributed by atoms with Gasteiger partial charge in [-0.25, -0.2) is 4.39 Å². The molecule has 0 bridgehead atoms. The molecule has 0 aliphatic carbocycles. The molecule has 0 atom stereocenters. The third kappa shape index (κ3) is 5.22. The summed E-state index contributed by atoms with van der Waals surface area (Å²) in [5.41, 5.74) is 0.837. The van der Waals surface area contributed by atoms with Crippen LogP contribution in [0.15, 0.2) is 42.5 Å². The highest BCUT2D eigenvalue weighted by Gasteiger charge is 2.23. The number of nitrogens with zero attached hydrogens (tertiary/aromatic N) is 2. The first-order valence-corrected chi connectivity index (χ1v) is 9.70. The fourth-order valence-electron chi connectivity index (χ4n) is 3.04. The number of amides is 2. The number of benzene rings is 2. The van der Waals surface area contributed by atoms with Crippen LogP contribution in [-0.4, -0.2) is 60.9 Å². The van der Waals surface area contributed by atoms with Crippen LogP contribution in [0.2, 0.25) is 10.0 Å². The molecular weight excluding hydrogens is 404 g/mol. The molecule has 2 aromatic rings. The highest BCUT2D eigenvalue weighted by atomic mass is 35.5. The van der Waals surface area contributed by atoms with Gasteiger partial charge in [0, 0.05) is 49.9 Å². The first-order chi connectivity index (χ1) is 13.4. The van der Waals surface area contributed by atoms with Gasteiger partial charge in [-0.2, -0.15) is 0 Å². The van der Waals surface area contributed by atoms with E-state index in [-0.39, 0.29) is 17.6 Å². The van der Waals surface area contributed by atoms with Crippen LogP contribution in [0.5, 0.6) is 0 Å². The maximum absolute atomic E-state index is 12.9. The zero-order valence-corrected chi connectivity index (χ0v) is 16.6. The average molecular weight is 424 g/mol. The normalized spacial score (nSPS) is 14.8. The molecule has 5 nitrogen and oxygen atoms in total. The van der Waals surface area contributed by atoms with E-state index in [0.29, 0.717) is 60.4 Å². The summed E-state index contributed by atoms with van der Waals surface area (Å²) >= 11 is 12.1. The predicted octanol–water partition coefficient (Wildman–Crippen LogP) is 3.32. The SMILES string of the molecule is O=C(NCCN1CCN(C(=O)c2cc(Cl)ccc2Cl)CC1)c1ccc(F)cc1. The van der Waals surface area contributed by atoms with Gasteiger partial charge in [-0.1, -0.05) is 23.2 Å². The Hall–Kier alpha value is -2.15. The fourth-order valence-corrected chi connectivity index (χ4v) is 3.41. The summed E-state index contributed by atoms with van der Waals surface area (Å²) in [4.78, 5) is 28.6. The lowest BCUT2D eigenvalue weighted by Crippen LogP contribution is -2.50. The second kappa shape index (κ2) is 9.37. The molecule has 1 aliphatic rings. The minimum Gasteiger partial charge on any atom is -0.351 e. The molecule has 2 aromatic carbocycles. The highest BCUT2D eigenvalue weighted by Crippen LogP contribution is 2.22. The first-order valence-electron chi connectivity index (χ1n) is 8.94. The van der Waals surface area contributed by atoms with Crippen LogP contribution in [0.25, 0.3) is 0 Å². The molecule has 148 valence electrons. The highest BCUT2D eigenvalue weighted by molar-refractivity contribution is 6.35. The molecule has 2 amide bonds. The molecule has 0 saturated carbocycles. The number of carbonyl (C=O) groups excluding carboxylic acids is 2. The van der Waals surface area contributed by atoms with Crippen LogP contribution in [0.1, 0.15) is 20.7 Å². The Morgan fingerprint density at radius 3 is 2.36 bits per heavy atom. The largest absolute Gasteiger partial charge is 0.351 e. The van der Waals surface area contributed by atoms with Gasteiger partial charge >= 0.3 is 0 Å². The molecule has 1 fully saturated rings. The third-order valence-corrected chi connectivity index (χ3v) is 5.20. The Morgan fingerprint density at radius 1 is 1.00 bits per heavy atom. The molecule has 3 rings (SSSR count). The Bertz CT molecular complexity index is 853. The molecule has 1 heterocycles. The zero-order chi connectivity index (χ0) is 20.1. The zero-order valence-electron chi connectivity index (χ0n) is 15.1. The minimum absolute atomic E-state index is 0.128. The van der Waals surface area contributed by atoms with E-state index < -0.39 is 0 Å². The molecule has 0 radical (unpaired) electrons. The molecule has 0 unspecified atom stereocenters. The van der Waals surface area contributed by atoms with Crippen LogP contribution < -0.4 is 5.32 Å². The summed E-state index contributed by atoms with van der Waals surface area (Å²) in [6.07, 6.45) is 0. The van der Waals surface area contributed by atoms with Crippen molar-refractivity contribution in [3.63, 3.8) is 0 Å². The average Bonchev–Trinajstić information content (AvgIpc) is 2.70. The lowest BCUT2D eigenvalue weighted by Gasteiger charge is -2.35. The number of hydrogen-bond donors (Lipinski definition) is 1. The monoisotopic (exact) mass is 423 g/mol. The van der Waals surface area contributed by atoms with Crippen molar-refractivity contribution in [2.75, 3.05) is 39.3 Å². The summed E-state index contributed by atoms with van der Waals surface area (Å²) in [6, 6.07) is 10.3. The Kier molecular flexibility index (Phi) is 6.88. The van der Waals surface area contributed by atoms with Crippen molar-refractivity contribution in [2.45, 2.75) is 0 Å². The van der Waals surface area contributed by atoms with E-state index >= 15 is 0 Å². The molecule has 1 saturated heterocycles. The summed E-state index contributed by atoms with van der Waals surface area (Å²) < 4.78 is 12.9. The molecule has 28 heavy (non-hydrogen) atoms. The standard InChI is InChI=1S/C20H20Cl2FN3O2/c21-15-3-6-18(22)17(13-15)20(28)26-11-9-25(10-12-26)8-7-24-19(27)14-1-4-16(23)5-2-14/h1-6,13H,7-12H2,(H,24,27). The van der Waals surface area contributed by atoms with Crippen molar-refractivity contribution < 1.29 is 14.0 Å². The number of rotatable bonds is 5. The molecule has 0 spiro atoms. The molecule has 8 heteroatoms. The van der Waals surface area contributed by atoms with Gasteiger partial charge in [-0.15, -0.1) is 0 Å². The topological polar surface area (TPSA) is 52.7 Å². The van der Waals surface area contributed by atoms with Gasteiger partial charge in [0.15, 0.2) is 0 Å². The fraction of sp³-hybridized carbons (Fsp3) is 0.300. The van der Waals surface area contributed by atoms with Crippen LogP contribution in [0.4, 0.5) is 4.39 Å². The van der Waals surface area contributed by atoms with Crippen molar-refractivity contribution in [1.29, 1.82) is 0 Å². The number of halogens is 3. The van der Waals surface area contributed by atoms with Crippen molar-refractivity contribution in [1.82, 2.24) is 15.1 Å². The van der Waals surface area contributed by atoms with Crippen LogP contribution in [0.3, 0.4) is 0 Å². The van der Waals surface area contributed by atoms with E-state index in [0.717, 1.165) is 0 Å². The van der Waals surface area contributed by atoms with Gasteiger partial charge in [-0.05, 0) is 42.5 Å². The summed E-state index contributed by atoms with van der Waals surface area (Å²) in [5, 5.41) is 3.69. The second-order valence-electron chi connectivity index (χ2n) is 6.52. The van der Waals surface area contributed by atoms with Crippen molar-refractivity contribution >= 4 is 35.0 Å². The molecular formula is C20H20Cl2FN3O2. The maximum atomic E-state index is 12.9. The first kappa shape index (κ1) is 20.6. The Balaban J connectivity index is 1.44. The van der Waals surface area contributed by atoms with E-state index in [4.69, 9.17) is 23.2 Å². The molecule has 1 N–H and O–H groups in total. The predicted molar refractivity (Wildman–Crippen MR) is 108 cm³/mol. The van der Waals surface area contributed by atoms with Gasteiger partial charge in [0.2, 0.25) is 0 Å². The molecule has 1 aliphatic heterocycles. The quantitative estimate of drug-likeness (QED) is 0.802. The van der Waals surface area contributed by atoms with E-state index in [1.165, 1.54) is 24.3 Å².